The molecule has 1 N–H and O–H groups in total. The Bertz CT molecular complexity index is 1130. The third-order valence-corrected chi connectivity index (χ3v) is 6.59. The highest BCUT2D eigenvalue weighted by Crippen LogP contribution is 2.28. The minimum absolute atomic E-state index is 0.325. The molecule has 0 saturated carbocycles. The Morgan fingerprint density at radius 2 is 1.29 bits per heavy atom. The first-order valence-electron chi connectivity index (χ1n) is 8.49. The van der Waals surface area contributed by atoms with Gasteiger partial charge in [0.15, 0.2) is 0 Å². The zero-order valence-corrected chi connectivity index (χ0v) is 17.8. The monoisotopic (exact) mass is 443 g/mol. The molecule has 4 aromatic rings. The van der Waals surface area contributed by atoms with Gasteiger partial charge in [0.2, 0.25) is 0 Å². The summed E-state index contributed by atoms with van der Waals surface area (Å²) in [5.41, 5.74) is 2.52. The van der Waals surface area contributed by atoms with Crippen LogP contribution in [-0.4, -0.2) is 31.2 Å². The van der Waals surface area contributed by atoms with Crippen molar-refractivity contribution >= 4 is 84.2 Å². The van der Waals surface area contributed by atoms with Crippen molar-refractivity contribution in [1.29, 1.82) is 5.41 Å². The highest BCUT2D eigenvalue weighted by molar-refractivity contribution is 7.17. The Kier molecular flexibility index (Phi) is 5.87. The topological polar surface area (TPSA) is 48.6 Å². The molecule has 28 heavy (non-hydrogen) atoms. The molecule has 140 valence electrons. The van der Waals surface area contributed by atoms with Crippen LogP contribution < -0.4 is 0 Å². The molecule has 0 atom stereocenters. The van der Waals surface area contributed by atoms with Gasteiger partial charge in [0.05, 0.1) is 18.8 Å². The maximum atomic E-state index is 8.08. The van der Waals surface area contributed by atoms with Crippen molar-refractivity contribution in [3.8, 4) is 0 Å². The lowest BCUT2D eigenvalue weighted by atomic mass is 10.2. The molecular formula is C21H15Cl2N3S2. The van der Waals surface area contributed by atoms with Crippen LogP contribution in [0.15, 0.2) is 57.1 Å². The van der Waals surface area contributed by atoms with Crippen molar-refractivity contribution in [2.45, 2.75) is 0 Å². The Balaban J connectivity index is 1.37. The summed E-state index contributed by atoms with van der Waals surface area (Å²) in [6.45, 7) is 0.650. The smallest absolute Gasteiger partial charge is 0.0784 e. The van der Waals surface area contributed by atoms with E-state index in [1.54, 1.807) is 22.7 Å². The lowest BCUT2D eigenvalue weighted by Crippen LogP contribution is -2.06. The molecule has 2 aromatic heterocycles. The van der Waals surface area contributed by atoms with Crippen LogP contribution in [0.5, 0.6) is 0 Å². The van der Waals surface area contributed by atoms with Crippen molar-refractivity contribution in [3.63, 3.8) is 0 Å². The van der Waals surface area contributed by atoms with Crippen LogP contribution in [0.4, 0.5) is 0 Å². The maximum Gasteiger partial charge on any atom is 0.0784 e. The van der Waals surface area contributed by atoms with E-state index in [0.717, 1.165) is 21.9 Å². The predicted octanol–water partition coefficient (Wildman–Crippen LogP) is 6.98. The minimum Gasteiger partial charge on any atom is -0.306 e. The Labute approximate surface area is 180 Å². The van der Waals surface area contributed by atoms with Crippen LogP contribution in [0.25, 0.3) is 20.2 Å². The first-order chi connectivity index (χ1) is 13.6. The van der Waals surface area contributed by atoms with E-state index >= 15 is 0 Å². The zero-order valence-electron chi connectivity index (χ0n) is 14.7. The number of nitrogens with zero attached hydrogens (tertiary/aromatic N) is 2. The van der Waals surface area contributed by atoms with Crippen molar-refractivity contribution < 1.29 is 0 Å². The molecular weight excluding hydrogens is 429 g/mol. The number of hydrogen-bond acceptors (Lipinski definition) is 5. The molecule has 2 aromatic carbocycles. The van der Waals surface area contributed by atoms with Crippen molar-refractivity contribution in [3.05, 3.63) is 68.3 Å². The standard InChI is InChI=1S/C21H15Cl2N3S2/c22-15-1-3-20-18(5-15)13(11-27-20)7-25-9-17(24)10-26-8-14-12-28-21-4-2-16(23)6-19(14)21/h1-8,11-12,24H,9-10H2. The number of benzene rings is 2. The molecule has 0 radical (unpaired) electrons. The van der Waals surface area contributed by atoms with Crippen LogP contribution in [0.3, 0.4) is 0 Å². The van der Waals surface area contributed by atoms with E-state index < -0.39 is 0 Å². The normalized spacial score (nSPS) is 12.1. The molecule has 0 bridgehead atoms. The van der Waals surface area contributed by atoms with Gasteiger partial charge in [-0.15, -0.1) is 22.7 Å². The second-order valence-corrected chi connectivity index (χ2v) is 8.90. The third kappa shape index (κ3) is 4.33. The van der Waals surface area contributed by atoms with Crippen LogP contribution >= 0.6 is 45.9 Å². The highest BCUT2D eigenvalue weighted by atomic mass is 35.5. The Hall–Kier alpha value is -2.05. The van der Waals surface area contributed by atoms with Crippen LogP contribution in [0.1, 0.15) is 11.1 Å². The van der Waals surface area contributed by atoms with Crippen molar-refractivity contribution in [2.24, 2.45) is 9.98 Å². The van der Waals surface area contributed by atoms with Gasteiger partial charge in [0.25, 0.3) is 0 Å². The fourth-order valence-corrected chi connectivity index (χ4v) is 4.93. The largest absolute Gasteiger partial charge is 0.306 e. The number of hydrogen-bond donors (Lipinski definition) is 1. The van der Waals surface area contributed by atoms with Gasteiger partial charge in [-0.25, -0.2) is 0 Å². The summed E-state index contributed by atoms with van der Waals surface area (Å²) in [6.07, 6.45) is 3.61. The average Bonchev–Trinajstić information content (AvgIpc) is 3.26. The second kappa shape index (κ2) is 8.53. The van der Waals surface area contributed by atoms with E-state index in [-0.39, 0.29) is 0 Å². The SMILES string of the molecule is N=C(CN=Cc1csc2ccc(Cl)cc12)CN=Cc1csc2ccc(Cl)cc12. The third-order valence-electron chi connectivity index (χ3n) is 4.16. The quantitative estimate of drug-likeness (QED) is 0.312. The molecule has 0 unspecified atom stereocenters. The molecule has 3 nitrogen and oxygen atoms in total. The van der Waals surface area contributed by atoms with E-state index in [1.807, 2.05) is 48.8 Å². The summed E-state index contributed by atoms with van der Waals surface area (Å²) in [5, 5.41) is 15.8. The van der Waals surface area contributed by atoms with E-state index in [9.17, 15) is 0 Å². The maximum absolute atomic E-state index is 8.08. The summed E-state index contributed by atoms with van der Waals surface area (Å²) in [6, 6.07) is 11.7. The van der Waals surface area contributed by atoms with Gasteiger partial charge in [-0.2, -0.15) is 0 Å². The predicted molar refractivity (Wildman–Crippen MR) is 126 cm³/mol. The van der Waals surface area contributed by atoms with Gasteiger partial charge in [0.1, 0.15) is 0 Å². The van der Waals surface area contributed by atoms with E-state index in [4.69, 9.17) is 28.6 Å². The molecule has 0 fully saturated rings. The number of thiophene rings is 2. The number of fused-ring (bicyclic) bond motifs is 2. The lowest BCUT2D eigenvalue weighted by Gasteiger charge is -1.97. The summed E-state index contributed by atoms with van der Waals surface area (Å²) >= 11 is 15.5. The van der Waals surface area contributed by atoms with E-state index in [1.165, 1.54) is 9.40 Å². The van der Waals surface area contributed by atoms with Gasteiger partial charge in [-0.3, -0.25) is 9.98 Å². The molecule has 7 heteroatoms. The molecule has 0 aliphatic carbocycles. The molecule has 0 aliphatic rings. The van der Waals surface area contributed by atoms with Gasteiger partial charge >= 0.3 is 0 Å². The summed E-state index contributed by atoms with van der Waals surface area (Å²) in [7, 11) is 0. The summed E-state index contributed by atoms with van der Waals surface area (Å²) in [5.74, 6) is 0. The molecule has 2 heterocycles. The van der Waals surface area contributed by atoms with E-state index in [0.29, 0.717) is 28.8 Å². The Morgan fingerprint density at radius 3 is 1.75 bits per heavy atom. The molecule has 0 amide bonds. The molecule has 4 rings (SSSR count). The lowest BCUT2D eigenvalue weighted by molar-refractivity contribution is 1.17. The number of rotatable bonds is 6. The average molecular weight is 444 g/mol. The zero-order chi connectivity index (χ0) is 19.5. The number of nitrogens with one attached hydrogen (secondary N) is 1. The number of aliphatic imine (C=N–C) groups is 2. The number of halogens is 2. The van der Waals surface area contributed by atoms with Crippen LogP contribution in [0.2, 0.25) is 10.0 Å². The molecule has 0 aliphatic heterocycles. The molecule has 0 spiro atoms. The second-order valence-electron chi connectivity index (χ2n) is 6.21. The first-order valence-corrected chi connectivity index (χ1v) is 11.0. The van der Waals surface area contributed by atoms with Crippen LogP contribution in [0, 0.1) is 5.41 Å². The fourth-order valence-electron chi connectivity index (χ4n) is 2.80. The fraction of sp³-hybridized carbons (Fsp3) is 0.0952. The first kappa shape index (κ1) is 19.3. The molecule has 0 saturated heterocycles. The van der Waals surface area contributed by atoms with E-state index in [2.05, 4.69) is 20.7 Å². The van der Waals surface area contributed by atoms with Crippen LogP contribution in [-0.2, 0) is 0 Å². The minimum atomic E-state index is 0.325. The summed E-state index contributed by atoms with van der Waals surface area (Å²) in [4.78, 5) is 8.79. The van der Waals surface area contributed by atoms with Gasteiger partial charge in [-0.05, 0) is 36.4 Å². The summed E-state index contributed by atoms with van der Waals surface area (Å²) < 4.78 is 2.35. The Morgan fingerprint density at radius 1 is 0.821 bits per heavy atom. The van der Waals surface area contributed by atoms with Crippen molar-refractivity contribution in [2.75, 3.05) is 13.1 Å². The van der Waals surface area contributed by atoms with Crippen molar-refractivity contribution in [1.82, 2.24) is 0 Å². The van der Waals surface area contributed by atoms with Gasteiger partial charge < -0.3 is 5.41 Å². The van der Waals surface area contributed by atoms with Gasteiger partial charge in [0, 0.05) is 64.5 Å². The van der Waals surface area contributed by atoms with Gasteiger partial charge in [-0.1, -0.05) is 23.2 Å². The highest BCUT2D eigenvalue weighted by Gasteiger charge is 2.04.